The Morgan fingerprint density at radius 1 is 1.40 bits per heavy atom. The van der Waals surface area contributed by atoms with Crippen LogP contribution >= 0.6 is 0 Å². The van der Waals surface area contributed by atoms with Gasteiger partial charge in [-0.2, -0.15) is 17.2 Å². The second-order valence-corrected chi connectivity index (χ2v) is 2.71. The molecule has 60 valence electrons. The number of hydrogen-bond acceptors (Lipinski definition) is 3. The molecule has 0 saturated heterocycles. The molecule has 0 aliphatic rings. The van der Waals surface area contributed by atoms with Gasteiger partial charge < -0.3 is 5.73 Å². The van der Waals surface area contributed by atoms with Crippen LogP contribution in [0.5, 0.6) is 0 Å². The van der Waals surface area contributed by atoms with Crippen LogP contribution in [0, 0.1) is 0 Å². The summed E-state index contributed by atoms with van der Waals surface area (Å²) in [6.45, 7) is 0. The lowest BCUT2D eigenvalue weighted by molar-refractivity contribution is -0.132. The number of rotatable bonds is 2. The van der Waals surface area contributed by atoms with E-state index in [2.05, 4.69) is 5.73 Å². The number of carbonyl (C=O) groups excluding carboxylic acids is 1. The molecule has 8 heteroatoms. The van der Waals surface area contributed by atoms with Crippen molar-refractivity contribution in [2.24, 2.45) is 5.73 Å². The molecule has 0 fully saturated rings. The molecule has 10 heavy (non-hydrogen) atoms. The second kappa shape index (κ2) is 2.11. The third-order valence-corrected chi connectivity index (χ3v) is 1.41. The van der Waals surface area contributed by atoms with Crippen LogP contribution in [0.25, 0.3) is 0 Å². The summed E-state index contributed by atoms with van der Waals surface area (Å²) in [5.41, 5.74) is 3.85. The zero-order chi connectivity index (χ0) is 8.58. The predicted octanol–water partition coefficient (Wildman–Crippen LogP) is -0.636. The number of primary amides is 1. The third kappa shape index (κ3) is 1.38. The fraction of sp³-hybridized carbons (Fsp3) is 0.500. The summed E-state index contributed by atoms with van der Waals surface area (Å²) in [5, 5.41) is -5.12. The summed E-state index contributed by atoms with van der Waals surface area (Å²) < 4.78 is 53.3. The van der Waals surface area contributed by atoms with E-state index in [0.29, 0.717) is 0 Å². The van der Waals surface area contributed by atoms with Gasteiger partial charge in [0.25, 0.3) is 0 Å². The summed E-state index contributed by atoms with van der Waals surface area (Å²) in [6.07, 6.45) is 0. The van der Waals surface area contributed by atoms with Crippen LogP contribution in [0.2, 0.25) is 0 Å². The van der Waals surface area contributed by atoms with Crippen molar-refractivity contribution in [1.29, 1.82) is 0 Å². The van der Waals surface area contributed by atoms with Crippen molar-refractivity contribution in [3.8, 4) is 0 Å². The van der Waals surface area contributed by atoms with E-state index in [4.69, 9.17) is 0 Å². The fourth-order valence-electron chi connectivity index (χ4n) is 0.120. The minimum Gasteiger partial charge on any atom is -0.363 e. The maximum absolute atomic E-state index is 11.6. The van der Waals surface area contributed by atoms with Crippen molar-refractivity contribution in [3.05, 3.63) is 0 Å². The number of amides is 1. The highest BCUT2D eigenvalue weighted by atomic mass is 32.3. The molecule has 0 saturated carbocycles. The zero-order valence-corrected chi connectivity index (χ0v) is 5.16. The maximum atomic E-state index is 11.6. The van der Waals surface area contributed by atoms with Gasteiger partial charge >= 0.3 is 21.4 Å². The minimum absolute atomic E-state index is 2.53. The largest absolute Gasteiger partial charge is 0.450 e. The van der Waals surface area contributed by atoms with E-state index in [9.17, 15) is 25.9 Å². The molecule has 0 aliphatic carbocycles. The zero-order valence-electron chi connectivity index (χ0n) is 4.34. The Bertz CT molecular complexity index is 244. The van der Waals surface area contributed by atoms with E-state index in [0.717, 1.165) is 0 Å². The number of halogens is 3. The van der Waals surface area contributed by atoms with Crippen LogP contribution in [-0.2, 0) is 15.0 Å². The first-order chi connectivity index (χ1) is 4.19. The third-order valence-electron chi connectivity index (χ3n) is 0.593. The van der Waals surface area contributed by atoms with E-state index in [1.165, 1.54) is 0 Å². The molecular formula is C2H2F3NO3S. The van der Waals surface area contributed by atoms with Gasteiger partial charge in [0.2, 0.25) is 0 Å². The smallest absolute Gasteiger partial charge is 0.363 e. The first-order valence-corrected chi connectivity index (χ1v) is 3.20. The Balaban J connectivity index is 4.95. The molecule has 0 bridgehead atoms. The standard InChI is InChI=1S/C2H2F3NO3S/c3-2(4,1(6)7)10(5,8)9/h(H2,6,7). The Kier molecular flexibility index (Phi) is 1.95. The molecule has 0 spiro atoms. The van der Waals surface area contributed by atoms with E-state index in [1.54, 1.807) is 0 Å². The molecule has 4 nitrogen and oxygen atoms in total. The highest BCUT2D eigenvalue weighted by molar-refractivity contribution is 7.88. The highest BCUT2D eigenvalue weighted by Crippen LogP contribution is 2.22. The Hall–Kier alpha value is -0.790. The fourth-order valence-corrected chi connectivity index (χ4v) is 0.360. The van der Waals surface area contributed by atoms with E-state index >= 15 is 0 Å². The molecule has 0 heterocycles. The van der Waals surface area contributed by atoms with Crippen molar-refractivity contribution in [3.63, 3.8) is 0 Å². The van der Waals surface area contributed by atoms with Crippen LogP contribution < -0.4 is 5.73 Å². The molecule has 0 atom stereocenters. The lowest BCUT2D eigenvalue weighted by Crippen LogP contribution is -2.40. The van der Waals surface area contributed by atoms with E-state index in [-0.39, 0.29) is 0 Å². The second-order valence-electron chi connectivity index (χ2n) is 1.32. The summed E-state index contributed by atoms with van der Waals surface area (Å²) in [6, 6.07) is 0. The van der Waals surface area contributed by atoms with Crippen molar-refractivity contribution >= 4 is 16.1 Å². The molecule has 0 aliphatic heterocycles. The van der Waals surface area contributed by atoms with Gasteiger partial charge in [-0.1, -0.05) is 3.89 Å². The molecule has 0 radical (unpaired) electrons. The van der Waals surface area contributed by atoms with Gasteiger partial charge in [0, 0.05) is 0 Å². The first kappa shape index (κ1) is 9.21. The van der Waals surface area contributed by atoms with Crippen molar-refractivity contribution in [2.75, 3.05) is 0 Å². The molecular weight excluding hydrogens is 175 g/mol. The van der Waals surface area contributed by atoms with Gasteiger partial charge in [-0.05, 0) is 0 Å². The molecule has 1 amide bonds. The van der Waals surface area contributed by atoms with Crippen LogP contribution in [0.3, 0.4) is 0 Å². The Labute approximate surface area is 54.0 Å². The van der Waals surface area contributed by atoms with Crippen molar-refractivity contribution in [2.45, 2.75) is 5.25 Å². The predicted molar refractivity (Wildman–Crippen MR) is 24.2 cm³/mol. The topological polar surface area (TPSA) is 77.2 Å². The van der Waals surface area contributed by atoms with E-state index in [1.807, 2.05) is 0 Å². The number of alkyl halides is 2. The van der Waals surface area contributed by atoms with Gasteiger partial charge in [0.1, 0.15) is 0 Å². The molecule has 0 aromatic carbocycles. The lowest BCUT2D eigenvalue weighted by atomic mass is 10.7. The Morgan fingerprint density at radius 3 is 1.70 bits per heavy atom. The molecule has 2 N–H and O–H groups in total. The highest BCUT2D eigenvalue weighted by Gasteiger charge is 2.52. The van der Waals surface area contributed by atoms with Gasteiger partial charge in [-0.15, -0.1) is 0 Å². The summed E-state index contributed by atoms with van der Waals surface area (Å²) in [5.74, 6) is -2.53. The average Bonchev–Trinajstić information content (AvgIpc) is 1.62. The van der Waals surface area contributed by atoms with Crippen LogP contribution in [-0.4, -0.2) is 19.6 Å². The minimum atomic E-state index is -6.21. The Morgan fingerprint density at radius 2 is 1.70 bits per heavy atom. The van der Waals surface area contributed by atoms with Gasteiger partial charge in [0.05, 0.1) is 0 Å². The van der Waals surface area contributed by atoms with Crippen molar-refractivity contribution in [1.82, 2.24) is 0 Å². The van der Waals surface area contributed by atoms with Crippen LogP contribution in [0.1, 0.15) is 0 Å². The molecule has 0 rings (SSSR count). The summed E-state index contributed by atoms with van der Waals surface area (Å²) in [7, 11) is -6.21. The number of nitrogens with two attached hydrogens (primary N) is 1. The normalized spacial score (nSPS) is 13.1. The summed E-state index contributed by atoms with van der Waals surface area (Å²) >= 11 is 0. The summed E-state index contributed by atoms with van der Waals surface area (Å²) in [4.78, 5) is 9.52. The average molecular weight is 177 g/mol. The first-order valence-electron chi connectivity index (χ1n) is 1.81. The SMILES string of the molecule is NC(=O)C(F)(F)S(=O)(=O)F. The lowest BCUT2D eigenvalue weighted by Gasteiger charge is -2.04. The number of hydrogen-bond donors (Lipinski definition) is 1. The molecule has 0 aromatic heterocycles. The maximum Gasteiger partial charge on any atom is 0.450 e. The van der Waals surface area contributed by atoms with Gasteiger partial charge in [-0.25, -0.2) is 0 Å². The van der Waals surface area contributed by atoms with Gasteiger partial charge in [0.15, 0.2) is 0 Å². The van der Waals surface area contributed by atoms with Crippen LogP contribution in [0.15, 0.2) is 0 Å². The van der Waals surface area contributed by atoms with Gasteiger partial charge in [-0.3, -0.25) is 4.79 Å². The van der Waals surface area contributed by atoms with Crippen molar-refractivity contribution < 1.29 is 25.9 Å². The monoisotopic (exact) mass is 177 g/mol. The number of carbonyl (C=O) groups is 1. The van der Waals surface area contributed by atoms with E-state index < -0.39 is 21.4 Å². The quantitative estimate of drug-likeness (QED) is 0.570. The van der Waals surface area contributed by atoms with Crippen LogP contribution in [0.4, 0.5) is 12.7 Å². The molecule has 0 unspecified atom stereocenters. The molecule has 0 aromatic rings.